The summed E-state index contributed by atoms with van der Waals surface area (Å²) >= 11 is 0. The van der Waals surface area contributed by atoms with E-state index in [4.69, 9.17) is 0 Å². The maximum Gasteiger partial charge on any atom is 0.335 e. The quantitative estimate of drug-likeness (QED) is 0.924. The summed E-state index contributed by atoms with van der Waals surface area (Å²) in [5, 5.41) is 9.41. The van der Waals surface area contributed by atoms with E-state index >= 15 is 0 Å². The number of carboxylic acid groups (broad SMARTS) is 1. The largest absolute Gasteiger partial charge is 0.478 e. The van der Waals surface area contributed by atoms with E-state index in [0.29, 0.717) is 24.9 Å². The van der Waals surface area contributed by atoms with Crippen LogP contribution in [0.2, 0.25) is 0 Å². The number of carbonyl (C=O) groups is 2. The topological polar surface area (TPSA) is 57.6 Å². The number of anilines is 1. The molecule has 24 heavy (non-hydrogen) atoms. The van der Waals surface area contributed by atoms with Crippen LogP contribution in [-0.2, 0) is 17.6 Å². The normalized spacial score (nSPS) is 22.2. The van der Waals surface area contributed by atoms with Crippen LogP contribution in [-0.4, -0.2) is 23.5 Å². The molecule has 0 radical (unpaired) electrons. The maximum absolute atomic E-state index is 13.1. The number of hydrogen-bond donors (Lipinski definition) is 1. The molecule has 1 unspecified atom stereocenters. The monoisotopic (exact) mass is 321 g/mol. The molecule has 1 N–H and O–H groups in total. The highest BCUT2D eigenvalue weighted by atomic mass is 16.4. The molecule has 1 atom stereocenters. The highest BCUT2D eigenvalue weighted by Crippen LogP contribution is 2.46. The number of aromatic carboxylic acids is 1. The van der Waals surface area contributed by atoms with Crippen LogP contribution in [0.4, 0.5) is 5.69 Å². The Hall–Kier alpha value is -2.62. The molecule has 4 rings (SSSR count). The van der Waals surface area contributed by atoms with E-state index in [1.54, 1.807) is 12.1 Å². The van der Waals surface area contributed by atoms with Crippen molar-refractivity contribution in [1.82, 2.24) is 0 Å². The third kappa shape index (κ3) is 2.13. The van der Waals surface area contributed by atoms with Crippen LogP contribution >= 0.6 is 0 Å². The van der Waals surface area contributed by atoms with E-state index in [2.05, 4.69) is 0 Å². The van der Waals surface area contributed by atoms with E-state index in [9.17, 15) is 14.7 Å². The molecule has 1 heterocycles. The summed E-state index contributed by atoms with van der Waals surface area (Å²) < 4.78 is 0. The molecular formula is C20H19NO3. The molecule has 1 amide bonds. The summed E-state index contributed by atoms with van der Waals surface area (Å²) in [4.78, 5) is 26.5. The molecule has 1 saturated heterocycles. The van der Waals surface area contributed by atoms with Crippen LogP contribution in [0.1, 0.15) is 33.5 Å². The van der Waals surface area contributed by atoms with Gasteiger partial charge < -0.3 is 10.0 Å². The fourth-order valence-electron chi connectivity index (χ4n) is 4.09. The molecule has 0 bridgehead atoms. The minimum Gasteiger partial charge on any atom is -0.478 e. The Morgan fingerprint density at radius 2 is 1.88 bits per heavy atom. The fraction of sp³-hybridized carbons (Fsp3) is 0.300. The van der Waals surface area contributed by atoms with Gasteiger partial charge in [-0.25, -0.2) is 4.79 Å². The van der Waals surface area contributed by atoms with Crippen molar-refractivity contribution in [2.45, 2.75) is 26.2 Å². The molecule has 1 spiro atoms. The lowest BCUT2D eigenvalue weighted by atomic mass is 9.83. The summed E-state index contributed by atoms with van der Waals surface area (Å²) in [5.41, 5.74) is 3.80. The maximum atomic E-state index is 13.1. The van der Waals surface area contributed by atoms with Gasteiger partial charge in [0.05, 0.1) is 11.0 Å². The van der Waals surface area contributed by atoms with Gasteiger partial charge in [0.25, 0.3) is 0 Å². The molecule has 1 aliphatic heterocycles. The molecular weight excluding hydrogens is 302 g/mol. The first-order valence-electron chi connectivity index (χ1n) is 8.23. The van der Waals surface area contributed by atoms with E-state index in [1.165, 1.54) is 5.56 Å². The fourth-order valence-corrected chi connectivity index (χ4v) is 4.09. The summed E-state index contributed by atoms with van der Waals surface area (Å²) in [6.45, 7) is 2.72. The second kappa shape index (κ2) is 5.20. The van der Waals surface area contributed by atoms with Crippen molar-refractivity contribution in [2.24, 2.45) is 5.41 Å². The van der Waals surface area contributed by atoms with Crippen LogP contribution in [0.25, 0.3) is 0 Å². The van der Waals surface area contributed by atoms with Crippen molar-refractivity contribution in [3.05, 3.63) is 64.7 Å². The zero-order valence-electron chi connectivity index (χ0n) is 13.6. The molecule has 122 valence electrons. The number of carbonyl (C=O) groups excluding carboxylic acids is 1. The van der Waals surface area contributed by atoms with Crippen molar-refractivity contribution in [3.63, 3.8) is 0 Å². The lowest BCUT2D eigenvalue weighted by Crippen LogP contribution is -2.35. The van der Waals surface area contributed by atoms with Crippen molar-refractivity contribution in [2.75, 3.05) is 11.4 Å². The molecule has 2 aromatic rings. The third-order valence-corrected chi connectivity index (χ3v) is 5.41. The standard InChI is InChI=1S/C20H19NO3/c1-13-5-7-15(8-6-13)21-10-9-20(19(21)24)11-14-3-2-4-16(18(22)23)17(14)12-20/h2-8H,9-12H2,1H3,(H,22,23). The second-order valence-electron chi connectivity index (χ2n) is 6.92. The first kappa shape index (κ1) is 14.9. The van der Waals surface area contributed by atoms with Crippen LogP contribution in [0.15, 0.2) is 42.5 Å². The molecule has 2 aliphatic rings. The van der Waals surface area contributed by atoms with Gasteiger partial charge in [-0.3, -0.25) is 4.79 Å². The Morgan fingerprint density at radius 3 is 2.58 bits per heavy atom. The van der Waals surface area contributed by atoms with Crippen LogP contribution < -0.4 is 4.90 Å². The predicted octanol–water partition coefficient (Wildman–Crippen LogP) is 3.22. The Bertz CT molecular complexity index is 840. The number of fused-ring (bicyclic) bond motifs is 1. The molecule has 2 aromatic carbocycles. The van der Waals surface area contributed by atoms with Crippen molar-refractivity contribution < 1.29 is 14.7 Å². The molecule has 0 aromatic heterocycles. The lowest BCUT2D eigenvalue weighted by Gasteiger charge is -2.23. The van der Waals surface area contributed by atoms with Gasteiger partial charge in [0.2, 0.25) is 5.91 Å². The second-order valence-corrected chi connectivity index (χ2v) is 6.92. The zero-order chi connectivity index (χ0) is 16.9. The number of rotatable bonds is 2. The van der Waals surface area contributed by atoms with Gasteiger partial charge in [0.15, 0.2) is 0 Å². The molecule has 4 heteroatoms. The van der Waals surface area contributed by atoms with Crippen LogP contribution in [0.5, 0.6) is 0 Å². The average Bonchev–Trinajstić information content (AvgIpc) is 3.09. The first-order valence-corrected chi connectivity index (χ1v) is 8.23. The van der Waals surface area contributed by atoms with Crippen molar-refractivity contribution in [1.29, 1.82) is 0 Å². The van der Waals surface area contributed by atoms with Crippen LogP contribution in [0.3, 0.4) is 0 Å². The van der Waals surface area contributed by atoms with Gasteiger partial charge in [-0.05, 0) is 55.5 Å². The third-order valence-electron chi connectivity index (χ3n) is 5.41. The zero-order valence-corrected chi connectivity index (χ0v) is 13.6. The smallest absolute Gasteiger partial charge is 0.335 e. The van der Waals surface area contributed by atoms with Gasteiger partial charge in [-0.2, -0.15) is 0 Å². The van der Waals surface area contributed by atoms with E-state index < -0.39 is 11.4 Å². The van der Waals surface area contributed by atoms with Crippen LogP contribution in [0, 0.1) is 12.3 Å². The number of nitrogens with zero attached hydrogens (tertiary/aromatic N) is 1. The first-order chi connectivity index (χ1) is 11.5. The highest BCUT2D eigenvalue weighted by Gasteiger charge is 2.51. The lowest BCUT2D eigenvalue weighted by molar-refractivity contribution is -0.125. The molecule has 1 aliphatic carbocycles. The summed E-state index contributed by atoms with van der Waals surface area (Å²) in [6, 6.07) is 13.4. The summed E-state index contributed by atoms with van der Waals surface area (Å²) in [6.07, 6.45) is 1.95. The van der Waals surface area contributed by atoms with E-state index in [0.717, 1.165) is 23.2 Å². The molecule has 1 fully saturated rings. The summed E-state index contributed by atoms with van der Waals surface area (Å²) in [5.74, 6) is -0.788. The highest BCUT2D eigenvalue weighted by molar-refractivity contribution is 6.01. The molecule has 0 saturated carbocycles. The van der Waals surface area contributed by atoms with Gasteiger partial charge in [0, 0.05) is 12.2 Å². The minimum absolute atomic E-state index is 0.124. The van der Waals surface area contributed by atoms with Crippen molar-refractivity contribution >= 4 is 17.6 Å². The Balaban J connectivity index is 1.67. The number of amides is 1. The number of carboxylic acids is 1. The van der Waals surface area contributed by atoms with E-state index in [-0.39, 0.29) is 5.91 Å². The Labute approximate surface area is 140 Å². The summed E-state index contributed by atoms with van der Waals surface area (Å²) in [7, 11) is 0. The predicted molar refractivity (Wildman–Crippen MR) is 91.4 cm³/mol. The molecule has 4 nitrogen and oxygen atoms in total. The minimum atomic E-state index is -0.912. The van der Waals surface area contributed by atoms with Gasteiger partial charge in [-0.1, -0.05) is 29.8 Å². The Kier molecular flexibility index (Phi) is 3.23. The van der Waals surface area contributed by atoms with Gasteiger partial charge in [0.1, 0.15) is 0 Å². The number of aryl methyl sites for hydroxylation is 1. The van der Waals surface area contributed by atoms with E-state index in [1.807, 2.05) is 42.2 Å². The average molecular weight is 321 g/mol. The van der Waals surface area contributed by atoms with Crippen molar-refractivity contribution in [3.8, 4) is 0 Å². The van der Waals surface area contributed by atoms with Gasteiger partial charge >= 0.3 is 5.97 Å². The Morgan fingerprint density at radius 1 is 1.12 bits per heavy atom. The number of hydrogen-bond acceptors (Lipinski definition) is 2. The number of benzene rings is 2. The van der Waals surface area contributed by atoms with Gasteiger partial charge in [-0.15, -0.1) is 0 Å². The SMILES string of the molecule is Cc1ccc(N2CCC3(Cc4cccc(C(=O)O)c4C3)C2=O)cc1.